The zero-order valence-electron chi connectivity index (χ0n) is 17.3. The summed E-state index contributed by atoms with van der Waals surface area (Å²) in [7, 11) is 0. The molecule has 158 valence electrons. The number of ether oxygens (including phenoxy) is 1. The Hall–Kier alpha value is -3.44. The van der Waals surface area contributed by atoms with Crippen molar-refractivity contribution in [1.82, 2.24) is 5.32 Å². The van der Waals surface area contributed by atoms with Crippen LogP contribution in [0.1, 0.15) is 28.8 Å². The lowest BCUT2D eigenvalue weighted by Crippen LogP contribution is -2.32. The van der Waals surface area contributed by atoms with Crippen LogP contribution >= 0.6 is 0 Å². The van der Waals surface area contributed by atoms with Crippen LogP contribution in [0, 0.1) is 0 Å². The molecule has 3 aromatic carbocycles. The van der Waals surface area contributed by atoms with Crippen LogP contribution in [0.2, 0.25) is 0 Å². The summed E-state index contributed by atoms with van der Waals surface area (Å²) in [5, 5.41) is 5.79. The molecule has 2 N–H and O–H groups in total. The molecule has 1 fully saturated rings. The summed E-state index contributed by atoms with van der Waals surface area (Å²) in [5.74, 6) is -0.370. The highest BCUT2D eigenvalue weighted by molar-refractivity contribution is 6.04. The van der Waals surface area contributed by atoms with E-state index in [1.165, 1.54) is 0 Å². The van der Waals surface area contributed by atoms with Gasteiger partial charge in [0, 0.05) is 13.2 Å². The van der Waals surface area contributed by atoms with Gasteiger partial charge in [0.05, 0.1) is 23.8 Å². The van der Waals surface area contributed by atoms with E-state index in [4.69, 9.17) is 4.74 Å². The van der Waals surface area contributed by atoms with Gasteiger partial charge in [0.25, 0.3) is 5.91 Å². The molecule has 1 atom stereocenters. The quantitative estimate of drug-likeness (QED) is 0.600. The molecule has 0 aromatic heterocycles. The third-order valence-electron chi connectivity index (χ3n) is 5.39. The molecule has 1 aliphatic rings. The van der Waals surface area contributed by atoms with Gasteiger partial charge in [-0.05, 0) is 41.7 Å². The van der Waals surface area contributed by atoms with Crippen molar-refractivity contribution >= 4 is 17.5 Å². The van der Waals surface area contributed by atoms with E-state index in [9.17, 15) is 9.59 Å². The minimum atomic E-state index is -0.210. The van der Waals surface area contributed by atoms with Gasteiger partial charge < -0.3 is 15.4 Å². The number of anilines is 1. The number of carbonyl (C=O) groups is 2. The number of amides is 2. The van der Waals surface area contributed by atoms with Crippen LogP contribution in [0.15, 0.2) is 78.9 Å². The molecule has 31 heavy (non-hydrogen) atoms. The molecule has 5 heteroatoms. The van der Waals surface area contributed by atoms with Crippen molar-refractivity contribution in [2.24, 2.45) is 0 Å². The smallest absolute Gasteiger partial charge is 0.253 e. The first-order chi connectivity index (χ1) is 15.2. The first-order valence-corrected chi connectivity index (χ1v) is 10.6. The maximum atomic E-state index is 12.6. The molecule has 4 rings (SSSR count). The Kier molecular flexibility index (Phi) is 6.75. The van der Waals surface area contributed by atoms with Gasteiger partial charge in [-0.3, -0.25) is 9.59 Å². The van der Waals surface area contributed by atoms with Crippen molar-refractivity contribution in [1.29, 1.82) is 0 Å². The molecule has 0 saturated carbocycles. The van der Waals surface area contributed by atoms with Crippen LogP contribution < -0.4 is 10.6 Å². The summed E-state index contributed by atoms with van der Waals surface area (Å²) in [5.41, 5.74) is 4.13. The molecule has 1 heterocycles. The van der Waals surface area contributed by atoms with Gasteiger partial charge in [0.2, 0.25) is 5.91 Å². The summed E-state index contributed by atoms with van der Waals surface area (Å²) < 4.78 is 5.55. The summed E-state index contributed by atoms with van der Waals surface area (Å²) >= 11 is 0. The van der Waals surface area contributed by atoms with E-state index < -0.39 is 0 Å². The highest BCUT2D eigenvalue weighted by Crippen LogP contribution is 2.20. The van der Waals surface area contributed by atoms with Crippen LogP contribution in [-0.4, -0.2) is 31.1 Å². The second kappa shape index (κ2) is 10.0. The van der Waals surface area contributed by atoms with E-state index in [0.29, 0.717) is 17.8 Å². The second-order valence-electron chi connectivity index (χ2n) is 7.68. The van der Waals surface area contributed by atoms with Crippen molar-refractivity contribution in [2.75, 3.05) is 18.5 Å². The summed E-state index contributed by atoms with van der Waals surface area (Å²) in [4.78, 5) is 25.2. The van der Waals surface area contributed by atoms with Gasteiger partial charge in [0.1, 0.15) is 0 Å². The van der Waals surface area contributed by atoms with E-state index >= 15 is 0 Å². The second-order valence-corrected chi connectivity index (χ2v) is 7.68. The number of para-hydroxylation sites is 1. The molecular weight excluding hydrogens is 388 g/mol. The number of hydrogen-bond donors (Lipinski definition) is 2. The molecule has 1 aliphatic heterocycles. The zero-order chi connectivity index (χ0) is 21.5. The Labute approximate surface area is 182 Å². The standard InChI is InChI=1S/C26H26N2O3/c29-25(17-19-12-14-21(15-13-19)20-7-2-1-3-8-20)28-24-11-5-4-10-23(24)26(30)27-18-22-9-6-16-31-22/h1-5,7-8,10-15,22H,6,9,16-18H2,(H,27,30)(H,28,29). The number of hydrogen-bond acceptors (Lipinski definition) is 3. The SMILES string of the molecule is O=C(Cc1ccc(-c2ccccc2)cc1)Nc1ccccc1C(=O)NCC1CCCO1. The molecule has 5 nitrogen and oxygen atoms in total. The topological polar surface area (TPSA) is 67.4 Å². The van der Waals surface area contributed by atoms with Gasteiger partial charge in [-0.1, -0.05) is 66.7 Å². The predicted octanol–water partition coefficient (Wildman–Crippen LogP) is 4.44. The lowest BCUT2D eigenvalue weighted by atomic mass is 10.0. The maximum Gasteiger partial charge on any atom is 0.253 e. The van der Waals surface area contributed by atoms with Crippen molar-refractivity contribution < 1.29 is 14.3 Å². The Morgan fingerprint density at radius 3 is 2.32 bits per heavy atom. The Morgan fingerprint density at radius 1 is 0.871 bits per heavy atom. The molecule has 1 saturated heterocycles. The van der Waals surface area contributed by atoms with Crippen molar-refractivity contribution in [2.45, 2.75) is 25.4 Å². The van der Waals surface area contributed by atoms with E-state index in [1.807, 2.05) is 42.5 Å². The van der Waals surface area contributed by atoms with Crippen LogP contribution in [0.4, 0.5) is 5.69 Å². The number of rotatable bonds is 7. The lowest BCUT2D eigenvalue weighted by molar-refractivity contribution is -0.115. The number of nitrogens with one attached hydrogen (secondary N) is 2. The van der Waals surface area contributed by atoms with Gasteiger partial charge in [-0.2, -0.15) is 0 Å². The Balaban J connectivity index is 1.36. The predicted molar refractivity (Wildman–Crippen MR) is 122 cm³/mol. The average Bonchev–Trinajstić information content (AvgIpc) is 3.33. The largest absolute Gasteiger partial charge is 0.376 e. The highest BCUT2D eigenvalue weighted by atomic mass is 16.5. The fourth-order valence-electron chi connectivity index (χ4n) is 3.72. The van der Waals surface area contributed by atoms with Crippen LogP contribution in [-0.2, 0) is 16.0 Å². The molecule has 0 spiro atoms. The van der Waals surface area contributed by atoms with Gasteiger partial charge in [-0.25, -0.2) is 0 Å². The summed E-state index contributed by atoms with van der Waals surface area (Å²) in [6.07, 6.45) is 2.30. The molecule has 2 amide bonds. The third-order valence-corrected chi connectivity index (χ3v) is 5.39. The molecular formula is C26H26N2O3. The number of carbonyl (C=O) groups excluding carboxylic acids is 2. The van der Waals surface area contributed by atoms with E-state index in [0.717, 1.165) is 36.1 Å². The lowest BCUT2D eigenvalue weighted by Gasteiger charge is -2.14. The van der Waals surface area contributed by atoms with E-state index in [1.54, 1.807) is 24.3 Å². The summed E-state index contributed by atoms with van der Waals surface area (Å²) in [6.45, 7) is 1.23. The first-order valence-electron chi connectivity index (χ1n) is 10.6. The Morgan fingerprint density at radius 2 is 1.58 bits per heavy atom. The fourth-order valence-corrected chi connectivity index (χ4v) is 3.72. The molecule has 0 radical (unpaired) electrons. The highest BCUT2D eigenvalue weighted by Gasteiger charge is 2.18. The molecule has 0 bridgehead atoms. The van der Waals surface area contributed by atoms with Gasteiger partial charge >= 0.3 is 0 Å². The van der Waals surface area contributed by atoms with Crippen molar-refractivity contribution in [3.8, 4) is 11.1 Å². The third kappa shape index (κ3) is 5.58. The van der Waals surface area contributed by atoms with Crippen LogP contribution in [0.25, 0.3) is 11.1 Å². The normalized spacial score (nSPS) is 15.4. The Bertz CT molecular complexity index is 1030. The molecule has 3 aromatic rings. The minimum Gasteiger partial charge on any atom is -0.376 e. The monoisotopic (exact) mass is 414 g/mol. The molecule has 1 unspecified atom stereocenters. The maximum absolute atomic E-state index is 12.6. The fraction of sp³-hybridized carbons (Fsp3) is 0.231. The van der Waals surface area contributed by atoms with E-state index in [2.05, 4.69) is 22.8 Å². The summed E-state index contributed by atoms with van der Waals surface area (Å²) in [6, 6.07) is 25.1. The van der Waals surface area contributed by atoms with Crippen LogP contribution in [0.5, 0.6) is 0 Å². The van der Waals surface area contributed by atoms with Gasteiger partial charge in [-0.15, -0.1) is 0 Å². The number of benzene rings is 3. The van der Waals surface area contributed by atoms with Crippen molar-refractivity contribution in [3.05, 3.63) is 90.0 Å². The van der Waals surface area contributed by atoms with Gasteiger partial charge in [0.15, 0.2) is 0 Å². The van der Waals surface area contributed by atoms with Crippen LogP contribution in [0.3, 0.4) is 0 Å². The minimum absolute atomic E-state index is 0.0737. The van der Waals surface area contributed by atoms with E-state index in [-0.39, 0.29) is 24.3 Å². The zero-order valence-corrected chi connectivity index (χ0v) is 17.3. The first kappa shape index (κ1) is 20.8. The van der Waals surface area contributed by atoms with Crippen molar-refractivity contribution in [3.63, 3.8) is 0 Å². The average molecular weight is 415 g/mol. The molecule has 0 aliphatic carbocycles.